The van der Waals surface area contributed by atoms with E-state index in [0.29, 0.717) is 13.0 Å². The van der Waals surface area contributed by atoms with Gasteiger partial charge in [-0.05, 0) is 53.7 Å². The van der Waals surface area contributed by atoms with Gasteiger partial charge in [0.15, 0.2) is 0 Å². The Morgan fingerprint density at radius 1 is 1.42 bits per heavy atom. The topological polar surface area (TPSA) is 55.1 Å². The molecule has 1 aliphatic rings. The Labute approximate surface area is 127 Å². The maximum absolute atomic E-state index is 12.0. The molecule has 0 aliphatic heterocycles. The summed E-state index contributed by atoms with van der Waals surface area (Å²) in [5, 5.41) is 3.16. The van der Waals surface area contributed by atoms with E-state index in [-0.39, 0.29) is 11.4 Å². The van der Waals surface area contributed by atoms with Crippen molar-refractivity contribution in [3.8, 4) is 0 Å². The van der Waals surface area contributed by atoms with Crippen LogP contribution in [-0.4, -0.2) is 18.0 Å². The summed E-state index contributed by atoms with van der Waals surface area (Å²) in [7, 11) is 0. The van der Waals surface area contributed by atoms with E-state index in [1.54, 1.807) is 11.3 Å². The lowest BCUT2D eigenvalue weighted by molar-refractivity contribution is -0.123. The van der Waals surface area contributed by atoms with Gasteiger partial charge in [-0.3, -0.25) is 4.79 Å². The van der Waals surface area contributed by atoms with Crippen molar-refractivity contribution in [1.29, 1.82) is 0 Å². The molecule has 3 N–H and O–H groups in total. The molecule has 1 fully saturated rings. The Kier molecular flexibility index (Phi) is 5.42. The summed E-state index contributed by atoms with van der Waals surface area (Å²) in [6.45, 7) is 0.566. The summed E-state index contributed by atoms with van der Waals surface area (Å²) in [5.74, 6) is 0.156. The minimum absolute atomic E-state index is 0.108. The zero-order valence-corrected chi connectivity index (χ0v) is 13.5. The van der Waals surface area contributed by atoms with Crippen LogP contribution in [0.4, 0.5) is 0 Å². The molecule has 0 unspecified atom stereocenters. The normalized spacial score (nSPS) is 17.6. The molecule has 1 aromatic heterocycles. The Balaban J connectivity index is 1.72. The van der Waals surface area contributed by atoms with Gasteiger partial charge in [0.1, 0.15) is 0 Å². The first-order chi connectivity index (χ1) is 9.13. The summed E-state index contributed by atoms with van der Waals surface area (Å²) in [6.07, 6.45) is 6.90. The molecule has 0 spiro atoms. The minimum atomic E-state index is -0.108. The van der Waals surface area contributed by atoms with E-state index >= 15 is 0 Å². The highest BCUT2D eigenvalue weighted by Gasteiger charge is 2.33. The number of hydrogen-bond acceptors (Lipinski definition) is 3. The zero-order chi connectivity index (χ0) is 13.7. The fraction of sp³-hybridized carbons (Fsp3) is 0.643. The number of carbonyl (C=O) groups is 1. The van der Waals surface area contributed by atoms with E-state index in [1.165, 1.54) is 17.7 Å². The number of halogens is 1. The van der Waals surface area contributed by atoms with E-state index in [9.17, 15) is 4.79 Å². The Morgan fingerprint density at radius 2 is 2.16 bits per heavy atom. The fourth-order valence-corrected chi connectivity index (χ4v) is 4.22. The SMILES string of the molecule is NCC1(NC(=O)CCCc2ccc(Br)s2)CCCC1. The van der Waals surface area contributed by atoms with Crippen molar-refractivity contribution < 1.29 is 4.79 Å². The summed E-state index contributed by atoms with van der Waals surface area (Å²) < 4.78 is 1.15. The summed E-state index contributed by atoms with van der Waals surface area (Å²) in [4.78, 5) is 13.3. The molecular formula is C14H21BrN2OS. The van der Waals surface area contributed by atoms with Crippen LogP contribution in [0, 0.1) is 0 Å². The molecule has 0 atom stereocenters. The van der Waals surface area contributed by atoms with Crippen LogP contribution in [0.1, 0.15) is 43.4 Å². The van der Waals surface area contributed by atoms with Gasteiger partial charge in [0.05, 0.1) is 9.33 Å². The second-order valence-electron chi connectivity index (χ2n) is 5.30. The van der Waals surface area contributed by atoms with Crippen LogP contribution in [0.5, 0.6) is 0 Å². The van der Waals surface area contributed by atoms with Crippen molar-refractivity contribution in [2.75, 3.05) is 6.54 Å². The first-order valence-corrected chi connectivity index (χ1v) is 8.50. The van der Waals surface area contributed by atoms with Crippen molar-refractivity contribution >= 4 is 33.2 Å². The largest absolute Gasteiger partial charge is 0.349 e. The maximum atomic E-state index is 12.0. The molecule has 1 aromatic rings. The van der Waals surface area contributed by atoms with Gasteiger partial charge in [-0.15, -0.1) is 11.3 Å². The van der Waals surface area contributed by atoms with E-state index in [2.05, 4.69) is 33.4 Å². The average Bonchev–Trinajstić information content (AvgIpc) is 2.99. The fourth-order valence-electron chi connectivity index (χ4n) is 2.70. The molecule has 3 nitrogen and oxygen atoms in total. The van der Waals surface area contributed by atoms with Crippen molar-refractivity contribution in [1.82, 2.24) is 5.32 Å². The third-order valence-corrected chi connectivity index (χ3v) is 5.50. The first kappa shape index (κ1) is 15.0. The summed E-state index contributed by atoms with van der Waals surface area (Å²) in [6, 6.07) is 4.17. The second-order valence-corrected chi connectivity index (χ2v) is 7.85. The predicted molar refractivity (Wildman–Crippen MR) is 83.4 cm³/mol. The Hall–Kier alpha value is -0.390. The van der Waals surface area contributed by atoms with Gasteiger partial charge >= 0.3 is 0 Å². The van der Waals surface area contributed by atoms with Crippen molar-refractivity contribution in [2.45, 2.75) is 50.5 Å². The van der Waals surface area contributed by atoms with Crippen LogP contribution in [0.25, 0.3) is 0 Å². The van der Waals surface area contributed by atoms with E-state index in [0.717, 1.165) is 29.5 Å². The quantitative estimate of drug-likeness (QED) is 0.832. The molecule has 1 aliphatic carbocycles. The predicted octanol–water partition coefficient (Wildman–Crippen LogP) is 3.22. The number of hydrogen-bond donors (Lipinski definition) is 2. The lowest BCUT2D eigenvalue weighted by Gasteiger charge is -2.28. The number of amides is 1. The third kappa shape index (κ3) is 4.29. The standard InChI is InChI=1S/C14H21BrN2OS/c15-12-7-6-11(19-12)4-3-5-13(18)17-14(10-16)8-1-2-9-14/h6-7H,1-5,8-10,16H2,(H,17,18). The number of aryl methyl sites for hydroxylation is 1. The highest BCUT2D eigenvalue weighted by molar-refractivity contribution is 9.11. The lowest BCUT2D eigenvalue weighted by Crippen LogP contribution is -2.51. The molecule has 19 heavy (non-hydrogen) atoms. The number of thiophene rings is 1. The number of rotatable bonds is 6. The second kappa shape index (κ2) is 6.86. The monoisotopic (exact) mass is 344 g/mol. The molecule has 1 amide bonds. The van der Waals surface area contributed by atoms with Gasteiger partial charge in [0.2, 0.25) is 5.91 Å². The molecule has 0 bridgehead atoms. The number of nitrogens with one attached hydrogen (secondary N) is 1. The zero-order valence-electron chi connectivity index (χ0n) is 11.1. The summed E-state index contributed by atoms with van der Waals surface area (Å²) in [5.41, 5.74) is 5.71. The van der Waals surface area contributed by atoms with Gasteiger partial charge < -0.3 is 11.1 Å². The van der Waals surface area contributed by atoms with Crippen molar-refractivity contribution in [2.24, 2.45) is 5.73 Å². The molecule has 2 rings (SSSR count). The maximum Gasteiger partial charge on any atom is 0.220 e. The van der Waals surface area contributed by atoms with E-state index < -0.39 is 0 Å². The Bertz CT molecular complexity index is 427. The molecule has 106 valence electrons. The highest BCUT2D eigenvalue weighted by Crippen LogP contribution is 2.29. The Morgan fingerprint density at radius 3 is 2.74 bits per heavy atom. The van der Waals surface area contributed by atoms with Gasteiger partial charge in [-0.25, -0.2) is 0 Å². The van der Waals surface area contributed by atoms with Crippen LogP contribution in [0.2, 0.25) is 0 Å². The minimum Gasteiger partial charge on any atom is -0.349 e. The van der Waals surface area contributed by atoms with Crippen molar-refractivity contribution in [3.63, 3.8) is 0 Å². The van der Waals surface area contributed by atoms with Crippen LogP contribution in [-0.2, 0) is 11.2 Å². The molecule has 5 heteroatoms. The average molecular weight is 345 g/mol. The third-order valence-electron chi connectivity index (χ3n) is 3.81. The van der Waals surface area contributed by atoms with Crippen LogP contribution in [0.3, 0.4) is 0 Å². The highest BCUT2D eigenvalue weighted by atomic mass is 79.9. The first-order valence-electron chi connectivity index (χ1n) is 6.89. The molecule has 1 saturated carbocycles. The van der Waals surface area contributed by atoms with Gasteiger partial charge in [0.25, 0.3) is 0 Å². The van der Waals surface area contributed by atoms with E-state index in [1.807, 2.05) is 0 Å². The number of nitrogens with two attached hydrogens (primary N) is 1. The van der Waals surface area contributed by atoms with Crippen molar-refractivity contribution in [3.05, 3.63) is 20.8 Å². The van der Waals surface area contributed by atoms with Gasteiger partial charge in [-0.1, -0.05) is 12.8 Å². The van der Waals surface area contributed by atoms with Crippen LogP contribution < -0.4 is 11.1 Å². The molecule has 0 radical (unpaired) electrons. The molecular weight excluding hydrogens is 324 g/mol. The van der Waals surface area contributed by atoms with E-state index in [4.69, 9.17) is 5.73 Å². The lowest BCUT2D eigenvalue weighted by atomic mass is 9.97. The molecule has 1 heterocycles. The van der Waals surface area contributed by atoms with Crippen LogP contribution >= 0.6 is 27.3 Å². The van der Waals surface area contributed by atoms with Gasteiger partial charge in [0, 0.05) is 17.8 Å². The van der Waals surface area contributed by atoms with Crippen LogP contribution in [0.15, 0.2) is 15.9 Å². The smallest absolute Gasteiger partial charge is 0.220 e. The number of carbonyl (C=O) groups excluding carboxylic acids is 1. The summed E-state index contributed by atoms with van der Waals surface area (Å²) >= 11 is 5.19. The molecule has 0 saturated heterocycles. The van der Waals surface area contributed by atoms with Gasteiger partial charge in [-0.2, -0.15) is 0 Å². The molecule has 0 aromatic carbocycles.